The predicted molar refractivity (Wildman–Crippen MR) is 159 cm³/mol. The van der Waals surface area contributed by atoms with Gasteiger partial charge in [0, 0.05) is 19.1 Å². The number of halogens is 2. The Morgan fingerprint density at radius 3 is 2.40 bits per heavy atom. The van der Waals surface area contributed by atoms with Crippen LogP contribution < -0.4 is 25.5 Å². The first-order chi connectivity index (χ1) is 20.9. The summed E-state index contributed by atoms with van der Waals surface area (Å²) in [6, 6.07) is 9.77. The van der Waals surface area contributed by atoms with E-state index < -0.39 is 30.7 Å². The van der Waals surface area contributed by atoms with Gasteiger partial charge in [-0.15, -0.1) is 0 Å². The Kier molecular flexibility index (Phi) is 9.99. The Labute approximate surface area is 249 Å². The van der Waals surface area contributed by atoms with E-state index in [4.69, 9.17) is 14.2 Å². The van der Waals surface area contributed by atoms with Crippen LogP contribution in [-0.2, 0) is 11.3 Å². The summed E-state index contributed by atoms with van der Waals surface area (Å²) in [7, 11) is 0. The second-order valence-electron chi connectivity index (χ2n) is 11.3. The molecule has 0 atom stereocenters. The Hall–Kier alpha value is -3.89. The molecule has 0 unspecified atom stereocenters. The third-order valence-corrected chi connectivity index (χ3v) is 8.21. The van der Waals surface area contributed by atoms with Gasteiger partial charge in [-0.3, -0.25) is 18.7 Å². The molecule has 1 aliphatic heterocycles. The molecule has 2 aromatic carbocycles. The van der Waals surface area contributed by atoms with Gasteiger partial charge in [-0.25, -0.2) is 13.6 Å². The van der Waals surface area contributed by atoms with Crippen LogP contribution in [0.1, 0.15) is 63.5 Å². The van der Waals surface area contributed by atoms with Crippen LogP contribution in [0.3, 0.4) is 0 Å². The highest BCUT2D eigenvalue weighted by Gasteiger charge is 2.25. The molecular formula is C32H39F2N3O6. The highest BCUT2D eigenvalue weighted by atomic mass is 19.1. The highest BCUT2D eigenvalue weighted by molar-refractivity contribution is 5.80. The van der Waals surface area contributed by atoms with Crippen LogP contribution in [0, 0.1) is 0 Å². The van der Waals surface area contributed by atoms with Crippen LogP contribution in [0.4, 0.5) is 8.78 Å². The summed E-state index contributed by atoms with van der Waals surface area (Å²) < 4.78 is 46.9. The van der Waals surface area contributed by atoms with Gasteiger partial charge in [0.25, 0.3) is 5.56 Å². The number of likely N-dealkylation sites (tertiary alicyclic amines) is 1. The molecule has 43 heavy (non-hydrogen) atoms. The zero-order valence-corrected chi connectivity index (χ0v) is 24.5. The molecule has 232 valence electrons. The minimum atomic E-state index is -1.29. The lowest BCUT2D eigenvalue weighted by molar-refractivity contribution is -0.119. The number of fused-ring (bicyclic) bond motifs is 1. The number of nitrogens with zero attached hydrogens (tertiary/aromatic N) is 3. The van der Waals surface area contributed by atoms with Gasteiger partial charge in [0.2, 0.25) is 6.41 Å². The van der Waals surface area contributed by atoms with Gasteiger partial charge < -0.3 is 19.1 Å². The first-order valence-electron chi connectivity index (χ1n) is 15.1. The average Bonchev–Trinajstić information content (AvgIpc) is 3.55. The van der Waals surface area contributed by atoms with Crippen molar-refractivity contribution in [3.8, 4) is 17.2 Å². The third kappa shape index (κ3) is 6.86. The molecular weight excluding hydrogens is 560 g/mol. The van der Waals surface area contributed by atoms with Crippen LogP contribution in [0.5, 0.6) is 17.2 Å². The third-order valence-electron chi connectivity index (χ3n) is 8.21. The van der Waals surface area contributed by atoms with Crippen molar-refractivity contribution in [3.05, 3.63) is 62.8 Å². The summed E-state index contributed by atoms with van der Waals surface area (Å²) in [6.45, 7) is 1.42. The van der Waals surface area contributed by atoms with Crippen molar-refractivity contribution in [3.63, 3.8) is 0 Å². The molecule has 0 radical (unpaired) electrons. The van der Waals surface area contributed by atoms with E-state index in [1.807, 2.05) is 25.1 Å². The van der Waals surface area contributed by atoms with Gasteiger partial charge in [-0.05, 0) is 80.8 Å². The van der Waals surface area contributed by atoms with Gasteiger partial charge >= 0.3 is 5.69 Å². The van der Waals surface area contributed by atoms with E-state index in [1.54, 1.807) is 15.5 Å². The Bertz CT molecular complexity index is 1520. The van der Waals surface area contributed by atoms with Crippen molar-refractivity contribution < 1.29 is 27.8 Å². The van der Waals surface area contributed by atoms with E-state index in [-0.39, 0.29) is 29.8 Å². The van der Waals surface area contributed by atoms with Crippen molar-refractivity contribution in [2.45, 2.75) is 76.7 Å². The molecule has 1 saturated carbocycles. The summed E-state index contributed by atoms with van der Waals surface area (Å²) in [5.74, 6) is 1.35. The molecule has 0 bridgehead atoms. The molecule has 11 heteroatoms. The minimum Gasteiger partial charge on any atom is -0.490 e. The number of benzene rings is 2. The molecule has 2 heterocycles. The minimum absolute atomic E-state index is 0.0182. The standard InChI is InChI=1S/C32H39F2N3O6/c1-2-15-41-30-16-22(7-10-29(30)43-24-5-3-4-6-24)20-36-31(39)27-17-25(42-26(18-33)19-34)8-9-28(27)37(32(36)40)23-11-13-35(21-38)14-12-23/h7-10,16-17,21,23-24,26H,2-6,11-15,18-20H2,1H3. The van der Waals surface area contributed by atoms with Crippen LogP contribution in [0.2, 0.25) is 0 Å². The topological polar surface area (TPSA) is 92.0 Å². The maximum atomic E-state index is 14.0. The quantitative estimate of drug-likeness (QED) is 0.262. The first kappa shape index (κ1) is 30.6. The van der Waals surface area contributed by atoms with Gasteiger partial charge in [-0.1, -0.05) is 13.0 Å². The molecule has 9 nitrogen and oxygen atoms in total. The smallest absolute Gasteiger partial charge is 0.332 e. The maximum absolute atomic E-state index is 14.0. The maximum Gasteiger partial charge on any atom is 0.332 e. The van der Waals surface area contributed by atoms with Crippen molar-refractivity contribution in [1.29, 1.82) is 0 Å². The zero-order chi connectivity index (χ0) is 30.3. The highest BCUT2D eigenvalue weighted by Crippen LogP contribution is 2.33. The van der Waals surface area contributed by atoms with Crippen molar-refractivity contribution in [2.24, 2.45) is 0 Å². The summed E-state index contributed by atoms with van der Waals surface area (Å²) in [5, 5.41) is 0.204. The normalized spacial score (nSPS) is 16.2. The average molecular weight is 600 g/mol. The zero-order valence-electron chi connectivity index (χ0n) is 24.5. The van der Waals surface area contributed by atoms with Crippen LogP contribution >= 0.6 is 0 Å². The molecule has 0 spiro atoms. The number of hydrogen-bond donors (Lipinski definition) is 0. The number of rotatable bonds is 13. The van der Waals surface area contributed by atoms with Gasteiger partial charge in [0.05, 0.1) is 30.2 Å². The molecule has 2 aliphatic rings. The number of aromatic nitrogens is 2. The Morgan fingerprint density at radius 2 is 1.72 bits per heavy atom. The van der Waals surface area contributed by atoms with E-state index in [0.29, 0.717) is 55.1 Å². The lowest BCUT2D eigenvalue weighted by atomic mass is 10.0. The number of carbonyl (C=O) groups excluding carboxylic acids is 1. The molecule has 1 aromatic heterocycles. The largest absolute Gasteiger partial charge is 0.490 e. The fourth-order valence-electron chi connectivity index (χ4n) is 5.91. The molecule has 1 aliphatic carbocycles. The number of piperidine rings is 1. The summed E-state index contributed by atoms with van der Waals surface area (Å²) in [5.41, 5.74) is 0.0929. The molecule has 2 fully saturated rings. The molecule has 1 saturated heterocycles. The lowest BCUT2D eigenvalue weighted by Crippen LogP contribution is -2.44. The van der Waals surface area contributed by atoms with Crippen molar-refractivity contribution in [1.82, 2.24) is 14.0 Å². The van der Waals surface area contributed by atoms with Crippen molar-refractivity contribution in [2.75, 3.05) is 33.0 Å². The number of ether oxygens (including phenoxy) is 3. The summed E-state index contributed by atoms with van der Waals surface area (Å²) in [6.07, 6.45) is 5.80. The van der Waals surface area contributed by atoms with Gasteiger partial charge in [0.15, 0.2) is 17.6 Å². The van der Waals surface area contributed by atoms with E-state index in [2.05, 4.69) is 0 Å². The fourth-order valence-corrected chi connectivity index (χ4v) is 5.91. The second kappa shape index (κ2) is 14.1. The second-order valence-corrected chi connectivity index (χ2v) is 11.3. The van der Waals surface area contributed by atoms with Gasteiger partial charge in [-0.2, -0.15) is 0 Å². The summed E-state index contributed by atoms with van der Waals surface area (Å²) in [4.78, 5) is 40.8. The molecule has 5 rings (SSSR count). The SMILES string of the molecule is CCCOc1cc(Cn2c(=O)c3cc(OC(CF)CF)ccc3n(C3CCN(C=O)CC3)c2=O)ccc1OC1CCCC1. The van der Waals surface area contributed by atoms with Gasteiger partial charge in [0.1, 0.15) is 19.1 Å². The van der Waals surface area contributed by atoms with E-state index in [1.165, 1.54) is 16.7 Å². The van der Waals surface area contributed by atoms with E-state index >= 15 is 0 Å². The van der Waals surface area contributed by atoms with Crippen molar-refractivity contribution >= 4 is 17.3 Å². The number of carbonyl (C=O) groups is 1. The Morgan fingerprint density at radius 1 is 0.977 bits per heavy atom. The number of alkyl halides is 2. The number of amides is 1. The Balaban J connectivity index is 1.56. The molecule has 1 amide bonds. The lowest BCUT2D eigenvalue weighted by Gasteiger charge is -2.31. The van der Waals surface area contributed by atoms with Crippen LogP contribution in [0.15, 0.2) is 46.0 Å². The summed E-state index contributed by atoms with van der Waals surface area (Å²) >= 11 is 0. The van der Waals surface area contributed by atoms with Crippen LogP contribution in [0.25, 0.3) is 10.9 Å². The number of hydrogen-bond acceptors (Lipinski definition) is 6. The fraction of sp³-hybridized carbons (Fsp3) is 0.531. The molecule has 0 N–H and O–H groups in total. The van der Waals surface area contributed by atoms with E-state index in [0.717, 1.165) is 38.5 Å². The first-order valence-corrected chi connectivity index (χ1v) is 15.1. The molecule has 3 aromatic rings. The van der Waals surface area contributed by atoms with Crippen LogP contribution in [-0.4, -0.2) is 65.7 Å². The van der Waals surface area contributed by atoms with E-state index in [9.17, 15) is 23.2 Å². The monoisotopic (exact) mass is 599 g/mol. The predicted octanol–water partition coefficient (Wildman–Crippen LogP) is 4.80.